The van der Waals surface area contributed by atoms with Crippen LogP contribution in [0.25, 0.3) is 16.8 Å². The first-order chi connectivity index (χ1) is 19.8. The first kappa shape index (κ1) is 28.7. The molecule has 0 saturated carbocycles. The van der Waals surface area contributed by atoms with Crippen molar-refractivity contribution in [3.8, 4) is 5.75 Å². The molecule has 0 unspecified atom stereocenters. The number of rotatable bonds is 7. The Hall–Kier alpha value is -3.85. The van der Waals surface area contributed by atoms with Crippen LogP contribution in [-0.2, 0) is 16.1 Å². The van der Waals surface area contributed by atoms with E-state index in [4.69, 9.17) is 21.1 Å². The average Bonchev–Trinajstić information content (AvgIpc) is 3.26. The predicted molar refractivity (Wildman–Crippen MR) is 167 cm³/mol. The fraction of sp³-hybridized carbons (Fsp3) is 0.0938. The molecule has 0 spiro atoms. The summed E-state index contributed by atoms with van der Waals surface area (Å²) in [7, 11) is 0. The predicted octanol–water partition coefficient (Wildman–Crippen LogP) is 8.54. The van der Waals surface area contributed by atoms with Gasteiger partial charge in [0.2, 0.25) is 0 Å². The Bertz CT molecular complexity index is 1760. The third-order valence-corrected chi connectivity index (χ3v) is 8.11. The van der Waals surface area contributed by atoms with E-state index in [1.54, 1.807) is 37.3 Å². The summed E-state index contributed by atoms with van der Waals surface area (Å²) in [4.78, 5) is 30.0. The zero-order chi connectivity index (χ0) is 28.9. The minimum absolute atomic E-state index is 0.0338. The van der Waals surface area contributed by atoms with Crippen LogP contribution in [0.5, 0.6) is 5.75 Å². The van der Waals surface area contributed by atoms with Crippen LogP contribution in [0.15, 0.2) is 111 Å². The summed E-state index contributed by atoms with van der Waals surface area (Å²) in [5.41, 5.74) is 1.79. The summed E-state index contributed by atoms with van der Waals surface area (Å²) >= 11 is 10.7. The van der Waals surface area contributed by atoms with Gasteiger partial charge in [0.15, 0.2) is 0 Å². The standard InChI is InChI=1S/C32H23BrClNO5S/c1-2-39-32(38)28-29(36)27(41-31(28)35-30(37)23-9-5-6-10-25(23)34)17-19-12-14-26(24(33)16-19)40-18-20-11-13-21-7-3-4-8-22(21)15-20/h3-17,36H,2,18H2,1H3/b27-17-,35-31?. The molecule has 6 nitrogen and oxygen atoms in total. The maximum Gasteiger partial charge on any atom is 0.344 e. The largest absolute Gasteiger partial charge is 0.506 e. The molecule has 0 fully saturated rings. The molecule has 41 heavy (non-hydrogen) atoms. The Morgan fingerprint density at radius 2 is 1.76 bits per heavy atom. The molecule has 5 rings (SSSR count). The normalized spacial score (nSPS) is 15.1. The number of esters is 1. The number of aliphatic hydroxyl groups excluding tert-OH is 1. The Labute approximate surface area is 254 Å². The molecular formula is C32H23BrClNO5S. The third kappa shape index (κ3) is 6.56. The second-order valence-corrected chi connectivity index (χ2v) is 11.2. The maximum atomic E-state index is 12.8. The molecule has 0 bridgehead atoms. The zero-order valence-electron chi connectivity index (χ0n) is 21.8. The van der Waals surface area contributed by atoms with E-state index < -0.39 is 11.9 Å². The van der Waals surface area contributed by atoms with Crippen molar-refractivity contribution >= 4 is 73.1 Å². The number of hydrogen-bond acceptors (Lipinski definition) is 6. The van der Waals surface area contributed by atoms with E-state index in [0.29, 0.717) is 21.7 Å². The molecule has 4 aromatic rings. The lowest BCUT2D eigenvalue weighted by atomic mass is 10.1. The number of hydrogen-bond donors (Lipinski definition) is 1. The smallest absolute Gasteiger partial charge is 0.344 e. The van der Waals surface area contributed by atoms with Crippen LogP contribution >= 0.6 is 39.3 Å². The fourth-order valence-corrected chi connectivity index (χ4v) is 5.88. The lowest BCUT2D eigenvalue weighted by Crippen LogP contribution is -2.14. The van der Waals surface area contributed by atoms with Crippen molar-refractivity contribution in [3.05, 3.63) is 127 Å². The topological polar surface area (TPSA) is 85.2 Å². The molecule has 1 aliphatic heterocycles. The van der Waals surface area contributed by atoms with Gasteiger partial charge < -0.3 is 14.6 Å². The van der Waals surface area contributed by atoms with Crippen molar-refractivity contribution in [3.63, 3.8) is 0 Å². The molecule has 1 heterocycles. The lowest BCUT2D eigenvalue weighted by Gasteiger charge is -2.10. The zero-order valence-corrected chi connectivity index (χ0v) is 24.9. The van der Waals surface area contributed by atoms with E-state index in [1.807, 2.05) is 36.4 Å². The highest BCUT2D eigenvalue weighted by molar-refractivity contribution is 9.10. The summed E-state index contributed by atoms with van der Waals surface area (Å²) in [5, 5.41) is 13.5. The molecule has 0 radical (unpaired) electrons. The molecule has 9 heteroatoms. The number of halogens is 2. The number of ether oxygens (including phenoxy) is 2. The summed E-state index contributed by atoms with van der Waals surface area (Å²) in [5.74, 6) is -1.07. The number of aliphatic hydroxyl groups is 1. The van der Waals surface area contributed by atoms with Gasteiger partial charge in [-0.25, -0.2) is 9.79 Å². The van der Waals surface area contributed by atoms with E-state index >= 15 is 0 Å². The van der Waals surface area contributed by atoms with Crippen molar-refractivity contribution in [1.29, 1.82) is 0 Å². The van der Waals surface area contributed by atoms with Gasteiger partial charge in [-0.05, 0) is 81.2 Å². The average molecular weight is 649 g/mol. The van der Waals surface area contributed by atoms with Gasteiger partial charge in [-0.3, -0.25) is 4.79 Å². The molecule has 1 aliphatic rings. The number of amides is 1. The van der Waals surface area contributed by atoms with Gasteiger partial charge >= 0.3 is 5.97 Å². The van der Waals surface area contributed by atoms with Crippen molar-refractivity contribution in [2.75, 3.05) is 6.61 Å². The van der Waals surface area contributed by atoms with E-state index in [9.17, 15) is 14.7 Å². The Morgan fingerprint density at radius 3 is 2.51 bits per heavy atom. The summed E-state index contributed by atoms with van der Waals surface area (Å²) in [6.45, 7) is 2.14. The molecule has 206 valence electrons. The van der Waals surface area contributed by atoms with Gasteiger partial charge in [0.05, 0.1) is 26.6 Å². The number of aliphatic imine (C=N–C) groups is 1. The number of carbonyl (C=O) groups is 2. The van der Waals surface area contributed by atoms with Crippen molar-refractivity contribution in [1.82, 2.24) is 0 Å². The quantitative estimate of drug-likeness (QED) is 0.202. The van der Waals surface area contributed by atoms with E-state index in [2.05, 4.69) is 45.2 Å². The number of carbonyl (C=O) groups excluding carboxylic acids is 2. The van der Waals surface area contributed by atoms with Gasteiger partial charge in [0.1, 0.15) is 28.7 Å². The monoisotopic (exact) mass is 647 g/mol. The lowest BCUT2D eigenvalue weighted by molar-refractivity contribution is -0.138. The van der Waals surface area contributed by atoms with E-state index in [-0.39, 0.29) is 33.6 Å². The van der Waals surface area contributed by atoms with Gasteiger partial charge in [0.25, 0.3) is 5.91 Å². The maximum absolute atomic E-state index is 12.8. The number of fused-ring (bicyclic) bond motifs is 1. The molecule has 0 aromatic heterocycles. The number of benzene rings is 4. The van der Waals surface area contributed by atoms with Crippen molar-refractivity contribution in [2.45, 2.75) is 13.5 Å². The van der Waals surface area contributed by atoms with Gasteiger partial charge in [-0.1, -0.05) is 78.0 Å². The summed E-state index contributed by atoms with van der Waals surface area (Å²) in [6, 6.07) is 26.3. The highest BCUT2D eigenvalue weighted by atomic mass is 79.9. The van der Waals surface area contributed by atoms with Gasteiger partial charge in [0, 0.05) is 0 Å². The molecule has 4 aromatic carbocycles. The van der Waals surface area contributed by atoms with Crippen LogP contribution in [0, 0.1) is 0 Å². The molecule has 0 atom stereocenters. The minimum atomic E-state index is -0.773. The molecule has 1 amide bonds. The summed E-state index contributed by atoms with van der Waals surface area (Å²) in [6.07, 6.45) is 1.69. The van der Waals surface area contributed by atoms with E-state index in [0.717, 1.165) is 28.3 Å². The molecule has 0 saturated heterocycles. The highest BCUT2D eigenvalue weighted by Gasteiger charge is 2.34. The Morgan fingerprint density at radius 1 is 1.00 bits per heavy atom. The van der Waals surface area contributed by atoms with E-state index in [1.165, 1.54) is 5.39 Å². The molecule has 0 aliphatic carbocycles. The first-order valence-corrected chi connectivity index (χ1v) is 14.6. The van der Waals surface area contributed by atoms with Crippen LogP contribution in [-0.4, -0.2) is 28.6 Å². The number of thioether (sulfide) groups is 1. The minimum Gasteiger partial charge on any atom is -0.506 e. The Balaban J connectivity index is 1.38. The Kier molecular flexibility index (Phi) is 8.93. The van der Waals surface area contributed by atoms with Crippen molar-refractivity contribution < 1.29 is 24.2 Å². The second-order valence-electron chi connectivity index (χ2n) is 8.92. The van der Waals surface area contributed by atoms with Crippen LogP contribution in [0.3, 0.4) is 0 Å². The highest BCUT2D eigenvalue weighted by Crippen LogP contribution is 2.40. The van der Waals surface area contributed by atoms with Crippen LogP contribution < -0.4 is 4.74 Å². The molecular weight excluding hydrogens is 626 g/mol. The van der Waals surface area contributed by atoms with Gasteiger partial charge in [-0.2, -0.15) is 0 Å². The SMILES string of the molecule is CCOC(=O)C1=C(O)/C(=C/c2ccc(OCc3ccc4ccccc4c3)c(Br)c2)SC1=NC(=O)c1ccccc1Cl. The fourth-order valence-electron chi connectivity index (χ4n) is 4.14. The van der Waals surface area contributed by atoms with Crippen molar-refractivity contribution in [2.24, 2.45) is 4.99 Å². The van der Waals surface area contributed by atoms with Gasteiger partial charge in [-0.15, -0.1) is 0 Å². The summed E-state index contributed by atoms with van der Waals surface area (Å²) < 4.78 is 11.9. The molecule has 1 N–H and O–H groups in total. The first-order valence-electron chi connectivity index (χ1n) is 12.6. The third-order valence-electron chi connectivity index (χ3n) is 6.14. The van der Waals surface area contributed by atoms with Crippen LogP contribution in [0.2, 0.25) is 5.02 Å². The number of nitrogens with zero attached hydrogens (tertiary/aromatic N) is 1. The second kappa shape index (κ2) is 12.8. The van der Waals surface area contributed by atoms with Crippen LogP contribution in [0.4, 0.5) is 0 Å². The van der Waals surface area contributed by atoms with Crippen LogP contribution in [0.1, 0.15) is 28.4 Å².